The van der Waals surface area contributed by atoms with Crippen molar-refractivity contribution in [3.8, 4) is 0 Å². The molecular weight excluding hydrogens is 214 g/mol. The molecular formula is C10H21NO3S. The molecule has 5 heteroatoms. The van der Waals surface area contributed by atoms with Crippen LogP contribution < -0.4 is 0 Å². The van der Waals surface area contributed by atoms with Gasteiger partial charge in [-0.05, 0) is 25.2 Å². The molecule has 0 aromatic rings. The number of sulfonamides is 1. The maximum absolute atomic E-state index is 11.9. The largest absolute Gasteiger partial charge is 0.395 e. The maximum Gasteiger partial charge on any atom is 0.214 e. The van der Waals surface area contributed by atoms with Gasteiger partial charge in [-0.15, -0.1) is 0 Å². The lowest BCUT2D eigenvalue weighted by Gasteiger charge is -2.22. The Labute approximate surface area is 92.3 Å². The van der Waals surface area contributed by atoms with Crippen LogP contribution in [-0.4, -0.2) is 42.8 Å². The van der Waals surface area contributed by atoms with Gasteiger partial charge in [0.1, 0.15) is 0 Å². The van der Waals surface area contributed by atoms with Gasteiger partial charge in [0.05, 0.1) is 12.4 Å². The first-order valence-corrected chi connectivity index (χ1v) is 7.18. The molecule has 0 bridgehead atoms. The van der Waals surface area contributed by atoms with E-state index in [1.807, 2.05) is 13.8 Å². The van der Waals surface area contributed by atoms with Crippen molar-refractivity contribution in [3.05, 3.63) is 0 Å². The third kappa shape index (κ3) is 3.43. The van der Waals surface area contributed by atoms with Crippen molar-refractivity contribution in [2.24, 2.45) is 5.92 Å². The van der Waals surface area contributed by atoms with E-state index >= 15 is 0 Å². The third-order valence-electron chi connectivity index (χ3n) is 2.84. The Hall–Kier alpha value is -0.130. The summed E-state index contributed by atoms with van der Waals surface area (Å²) in [5.74, 6) is 0.608. The molecule has 1 aliphatic heterocycles. The lowest BCUT2D eigenvalue weighted by atomic mass is 10.2. The van der Waals surface area contributed by atoms with E-state index in [0.29, 0.717) is 18.9 Å². The Balaban J connectivity index is 2.60. The second-order valence-corrected chi connectivity index (χ2v) is 6.63. The molecule has 0 amide bonds. The second kappa shape index (κ2) is 5.27. The molecule has 0 aliphatic carbocycles. The Morgan fingerprint density at radius 3 is 2.67 bits per heavy atom. The van der Waals surface area contributed by atoms with Crippen LogP contribution in [0, 0.1) is 5.92 Å². The van der Waals surface area contributed by atoms with Crippen LogP contribution in [-0.2, 0) is 10.0 Å². The van der Waals surface area contributed by atoms with Crippen molar-refractivity contribution in [1.82, 2.24) is 4.31 Å². The first-order chi connectivity index (χ1) is 6.97. The SMILES string of the molecule is CC(C)CCS(=O)(=O)N1CCCC1CO. The minimum absolute atomic E-state index is 0.0547. The van der Waals surface area contributed by atoms with Crippen molar-refractivity contribution in [2.45, 2.75) is 39.2 Å². The van der Waals surface area contributed by atoms with Gasteiger partial charge >= 0.3 is 0 Å². The molecule has 1 N–H and O–H groups in total. The molecule has 1 saturated heterocycles. The standard InChI is InChI=1S/C10H21NO3S/c1-9(2)5-7-15(13,14)11-6-3-4-10(11)8-12/h9-10,12H,3-8H2,1-2H3. The fourth-order valence-corrected chi connectivity index (χ4v) is 3.90. The molecule has 4 nitrogen and oxygen atoms in total. The van der Waals surface area contributed by atoms with E-state index in [4.69, 9.17) is 5.11 Å². The summed E-state index contributed by atoms with van der Waals surface area (Å²) in [6.45, 7) is 4.55. The highest BCUT2D eigenvalue weighted by Crippen LogP contribution is 2.21. The van der Waals surface area contributed by atoms with E-state index in [1.54, 1.807) is 0 Å². The summed E-state index contributed by atoms with van der Waals surface area (Å²) in [5, 5.41) is 9.07. The second-order valence-electron chi connectivity index (χ2n) is 4.59. The first kappa shape index (κ1) is 12.9. The van der Waals surface area contributed by atoms with E-state index in [0.717, 1.165) is 12.8 Å². The highest BCUT2D eigenvalue weighted by atomic mass is 32.2. The van der Waals surface area contributed by atoms with Crippen molar-refractivity contribution in [1.29, 1.82) is 0 Å². The van der Waals surface area contributed by atoms with Crippen molar-refractivity contribution in [2.75, 3.05) is 18.9 Å². The van der Waals surface area contributed by atoms with Crippen LogP contribution in [0.3, 0.4) is 0 Å². The number of aliphatic hydroxyl groups excluding tert-OH is 1. The fourth-order valence-electron chi connectivity index (χ4n) is 1.86. The monoisotopic (exact) mass is 235 g/mol. The van der Waals surface area contributed by atoms with Crippen LogP contribution >= 0.6 is 0 Å². The molecule has 1 heterocycles. The minimum Gasteiger partial charge on any atom is -0.395 e. The summed E-state index contributed by atoms with van der Waals surface area (Å²) >= 11 is 0. The van der Waals surface area contributed by atoms with Gasteiger partial charge in [-0.1, -0.05) is 13.8 Å². The molecule has 90 valence electrons. The topological polar surface area (TPSA) is 57.6 Å². The van der Waals surface area contributed by atoms with Gasteiger partial charge in [0.25, 0.3) is 0 Å². The normalized spacial score (nSPS) is 23.9. The van der Waals surface area contributed by atoms with E-state index < -0.39 is 10.0 Å². The maximum atomic E-state index is 11.9. The summed E-state index contributed by atoms with van der Waals surface area (Å²) in [6, 6.07) is -0.179. The van der Waals surface area contributed by atoms with Crippen LogP contribution in [0.4, 0.5) is 0 Å². The Bertz CT molecular complexity index is 287. The predicted molar refractivity (Wildman–Crippen MR) is 60.1 cm³/mol. The molecule has 0 spiro atoms. The molecule has 15 heavy (non-hydrogen) atoms. The Kier molecular flexibility index (Phi) is 4.55. The van der Waals surface area contributed by atoms with Gasteiger partial charge in [-0.3, -0.25) is 0 Å². The Morgan fingerprint density at radius 1 is 1.47 bits per heavy atom. The Morgan fingerprint density at radius 2 is 2.13 bits per heavy atom. The van der Waals surface area contributed by atoms with Crippen molar-refractivity contribution < 1.29 is 13.5 Å². The van der Waals surface area contributed by atoms with Crippen molar-refractivity contribution in [3.63, 3.8) is 0 Å². The number of aliphatic hydroxyl groups is 1. The molecule has 1 fully saturated rings. The third-order valence-corrected chi connectivity index (χ3v) is 4.79. The van der Waals surface area contributed by atoms with E-state index in [2.05, 4.69) is 0 Å². The van der Waals surface area contributed by atoms with Gasteiger partial charge in [-0.25, -0.2) is 8.42 Å². The zero-order chi connectivity index (χ0) is 11.5. The minimum atomic E-state index is -3.14. The summed E-state index contributed by atoms with van der Waals surface area (Å²) in [5.41, 5.74) is 0. The predicted octanol–water partition coefficient (Wildman–Crippen LogP) is 0.819. The van der Waals surface area contributed by atoms with Gasteiger partial charge in [0.15, 0.2) is 0 Å². The highest BCUT2D eigenvalue weighted by molar-refractivity contribution is 7.89. The lowest BCUT2D eigenvalue weighted by Crippen LogP contribution is -2.39. The van der Waals surface area contributed by atoms with Crippen LogP contribution in [0.25, 0.3) is 0 Å². The highest BCUT2D eigenvalue weighted by Gasteiger charge is 2.33. The summed E-state index contributed by atoms with van der Waals surface area (Å²) in [6.07, 6.45) is 2.35. The van der Waals surface area contributed by atoms with Crippen LogP contribution in [0.2, 0.25) is 0 Å². The number of hydrogen-bond acceptors (Lipinski definition) is 3. The quantitative estimate of drug-likeness (QED) is 0.767. The number of rotatable bonds is 5. The summed E-state index contributed by atoms with van der Waals surface area (Å²) < 4.78 is 25.3. The lowest BCUT2D eigenvalue weighted by molar-refractivity contribution is 0.213. The van der Waals surface area contributed by atoms with Crippen LogP contribution in [0.1, 0.15) is 33.1 Å². The molecule has 0 aromatic carbocycles. The molecule has 1 rings (SSSR count). The molecule has 0 aromatic heterocycles. The van der Waals surface area contributed by atoms with Crippen LogP contribution in [0.15, 0.2) is 0 Å². The van der Waals surface area contributed by atoms with Crippen molar-refractivity contribution >= 4 is 10.0 Å². The molecule has 1 aliphatic rings. The summed E-state index contributed by atoms with van der Waals surface area (Å²) in [4.78, 5) is 0. The van der Waals surface area contributed by atoms with Gasteiger partial charge in [0, 0.05) is 12.6 Å². The van der Waals surface area contributed by atoms with E-state index in [-0.39, 0.29) is 18.4 Å². The zero-order valence-corrected chi connectivity index (χ0v) is 10.3. The smallest absolute Gasteiger partial charge is 0.214 e. The zero-order valence-electron chi connectivity index (χ0n) is 9.52. The average Bonchev–Trinajstić information content (AvgIpc) is 2.63. The van der Waals surface area contributed by atoms with Crippen LogP contribution in [0.5, 0.6) is 0 Å². The number of hydrogen-bond donors (Lipinski definition) is 1. The molecule has 1 atom stereocenters. The average molecular weight is 235 g/mol. The van der Waals surface area contributed by atoms with E-state index in [9.17, 15) is 8.42 Å². The molecule has 0 saturated carbocycles. The van der Waals surface area contributed by atoms with E-state index in [1.165, 1.54) is 4.31 Å². The molecule has 1 unspecified atom stereocenters. The van der Waals surface area contributed by atoms with Gasteiger partial charge < -0.3 is 5.11 Å². The van der Waals surface area contributed by atoms with Gasteiger partial charge in [-0.2, -0.15) is 4.31 Å². The fraction of sp³-hybridized carbons (Fsp3) is 1.00. The number of nitrogens with zero attached hydrogens (tertiary/aromatic N) is 1. The summed E-state index contributed by atoms with van der Waals surface area (Å²) in [7, 11) is -3.14. The first-order valence-electron chi connectivity index (χ1n) is 5.57. The van der Waals surface area contributed by atoms with Gasteiger partial charge in [0.2, 0.25) is 10.0 Å². The molecule has 0 radical (unpaired) electrons.